The summed E-state index contributed by atoms with van der Waals surface area (Å²) < 4.78 is 42.3. The highest BCUT2D eigenvalue weighted by Gasteiger charge is 2.32. The Kier molecular flexibility index (Phi) is 5.95. The highest BCUT2D eigenvalue weighted by Crippen LogP contribution is 2.28. The van der Waals surface area contributed by atoms with Gasteiger partial charge in [0.2, 0.25) is 0 Å². The Bertz CT molecular complexity index is 664. The van der Waals surface area contributed by atoms with Crippen molar-refractivity contribution in [2.24, 2.45) is 0 Å². The SMILES string of the molecule is CCCCCc1ccc(C(=O)Oc2ccc(C(F)(F)F)nc2)cc1. The minimum atomic E-state index is -4.52. The number of aromatic nitrogens is 1. The summed E-state index contributed by atoms with van der Waals surface area (Å²) in [5.41, 5.74) is 0.448. The van der Waals surface area contributed by atoms with Gasteiger partial charge >= 0.3 is 12.1 Å². The van der Waals surface area contributed by atoms with E-state index in [-0.39, 0.29) is 5.75 Å². The van der Waals surface area contributed by atoms with E-state index in [1.54, 1.807) is 12.1 Å². The van der Waals surface area contributed by atoms with E-state index in [1.807, 2.05) is 12.1 Å². The molecule has 6 heteroatoms. The number of hydrogen-bond donors (Lipinski definition) is 0. The van der Waals surface area contributed by atoms with E-state index in [2.05, 4.69) is 11.9 Å². The second-order valence-electron chi connectivity index (χ2n) is 5.42. The molecule has 0 unspecified atom stereocenters. The van der Waals surface area contributed by atoms with Crippen LogP contribution in [0.25, 0.3) is 0 Å². The van der Waals surface area contributed by atoms with Gasteiger partial charge in [-0.15, -0.1) is 0 Å². The summed E-state index contributed by atoms with van der Waals surface area (Å²) in [6.07, 6.45) is 0.718. The van der Waals surface area contributed by atoms with Crippen LogP contribution in [-0.4, -0.2) is 11.0 Å². The summed E-state index contributed by atoms with van der Waals surface area (Å²) in [7, 11) is 0. The lowest BCUT2D eigenvalue weighted by Crippen LogP contribution is -2.10. The van der Waals surface area contributed by atoms with Crippen molar-refractivity contribution in [3.05, 3.63) is 59.4 Å². The normalized spacial score (nSPS) is 11.3. The van der Waals surface area contributed by atoms with Gasteiger partial charge in [0.1, 0.15) is 11.4 Å². The molecule has 1 heterocycles. The third kappa shape index (κ3) is 5.08. The molecule has 1 aromatic heterocycles. The van der Waals surface area contributed by atoms with E-state index in [0.29, 0.717) is 5.56 Å². The lowest BCUT2D eigenvalue weighted by atomic mass is 10.1. The van der Waals surface area contributed by atoms with E-state index in [1.165, 1.54) is 0 Å². The Labute approximate surface area is 138 Å². The molecule has 0 aliphatic rings. The van der Waals surface area contributed by atoms with E-state index in [9.17, 15) is 18.0 Å². The Morgan fingerprint density at radius 2 is 1.79 bits per heavy atom. The summed E-state index contributed by atoms with van der Waals surface area (Å²) in [4.78, 5) is 15.2. The minimum absolute atomic E-state index is 0.0278. The van der Waals surface area contributed by atoms with Crippen molar-refractivity contribution in [1.29, 1.82) is 0 Å². The van der Waals surface area contributed by atoms with Gasteiger partial charge < -0.3 is 4.74 Å². The van der Waals surface area contributed by atoms with Crippen LogP contribution in [0.1, 0.15) is 47.8 Å². The highest BCUT2D eigenvalue weighted by molar-refractivity contribution is 5.91. The number of unbranched alkanes of at least 4 members (excludes halogenated alkanes) is 2. The number of carbonyl (C=O) groups excluding carboxylic acids is 1. The average molecular weight is 337 g/mol. The second-order valence-corrected chi connectivity index (χ2v) is 5.42. The smallest absolute Gasteiger partial charge is 0.421 e. The van der Waals surface area contributed by atoms with Crippen molar-refractivity contribution < 1.29 is 22.7 Å². The fourth-order valence-electron chi connectivity index (χ4n) is 2.16. The Hall–Kier alpha value is -2.37. The fourth-order valence-corrected chi connectivity index (χ4v) is 2.16. The molecule has 1 aromatic carbocycles. The number of ether oxygens (including phenoxy) is 1. The maximum atomic E-state index is 12.4. The van der Waals surface area contributed by atoms with Gasteiger partial charge in [0.15, 0.2) is 0 Å². The highest BCUT2D eigenvalue weighted by atomic mass is 19.4. The van der Waals surface area contributed by atoms with Gasteiger partial charge in [0, 0.05) is 0 Å². The number of nitrogens with zero attached hydrogens (tertiary/aromatic N) is 1. The molecule has 0 amide bonds. The van der Waals surface area contributed by atoms with Gasteiger partial charge in [-0.25, -0.2) is 9.78 Å². The number of aryl methyl sites for hydroxylation is 1. The van der Waals surface area contributed by atoms with E-state index in [0.717, 1.165) is 49.6 Å². The number of hydrogen-bond acceptors (Lipinski definition) is 3. The first-order valence-electron chi connectivity index (χ1n) is 7.74. The standard InChI is InChI=1S/C18H18F3NO2/c1-2-3-4-5-13-6-8-14(9-7-13)17(23)24-15-10-11-16(22-12-15)18(19,20)21/h6-12H,2-5H2,1H3. The Morgan fingerprint density at radius 1 is 1.08 bits per heavy atom. The molecular formula is C18H18F3NO2. The molecule has 0 radical (unpaired) electrons. The van der Waals surface area contributed by atoms with Gasteiger partial charge in [0.25, 0.3) is 0 Å². The number of halogens is 3. The largest absolute Gasteiger partial charge is 0.433 e. The molecule has 3 nitrogen and oxygen atoms in total. The molecule has 0 saturated carbocycles. The average Bonchev–Trinajstić information content (AvgIpc) is 2.55. The van der Waals surface area contributed by atoms with Crippen molar-refractivity contribution in [2.45, 2.75) is 38.8 Å². The van der Waals surface area contributed by atoms with Crippen LogP contribution in [0.4, 0.5) is 13.2 Å². The second kappa shape index (κ2) is 7.95. The molecule has 24 heavy (non-hydrogen) atoms. The number of rotatable bonds is 6. The number of carbonyl (C=O) groups is 1. The van der Waals surface area contributed by atoms with Crippen molar-refractivity contribution >= 4 is 5.97 Å². The Balaban J connectivity index is 1.96. The van der Waals surface area contributed by atoms with E-state index < -0.39 is 17.8 Å². The molecule has 2 rings (SSSR count). The zero-order valence-corrected chi connectivity index (χ0v) is 13.3. The molecule has 2 aromatic rings. The van der Waals surface area contributed by atoms with Crippen LogP contribution >= 0.6 is 0 Å². The van der Waals surface area contributed by atoms with Crippen LogP contribution in [-0.2, 0) is 12.6 Å². The molecule has 0 atom stereocenters. The first-order chi connectivity index (χ1) is 11.4. The quantitative estimate of drug-likeness (QED) is 0.547. The summed E-state index contributed by atoms with van der Waals surface area (Å²) in [5.74, 6) is -0.656. The van der Waals surface area contributed by atoms with Crippen LogP contribution in [0.15, 0.2) is 42.6 Å². The van der Waals surface area contributed by atoms with Crippen LogP contribution in [0.5, 0.6) is 5.75 Å². The molecule has 0 bridgehead atoms. The van der Waals surface area contributed by atoms with Crippen molar-refractivity contribution in [2.75, 3.05) is 0 Å². The van der Waals surface area contributed by atoms with Crippen molar-refractivity contribution in [3.8, 4) is 5.75 Å². The minimum Gasteiger partial charge on any atom is -0.421 e. The van der Waals surface area contributed by atoms with Crippen molar-refractivity contribution in [3.63, 3.8) is 0 Å². The lowest BCUT2D eigenvalue weighted by molar-refractivity contribution is -0.141. The molecule has 0 N–H and O–H groups in total. The molecule has 128 valence electrons. The molecule has 0 saturated heterocycles. The maximum Gasteiger partial charge on any atom is 0.433 e. The zero-order chi connectivity index (χ0) is 17.6. The first kappa shape index (κ1) is 18.0. The van der Waals surface area contributed by atoms with E-state index >= 15 is 0 Å². The molecule has 0 spiro atoms. The first-order valence-corrected chi connectivity index (χ1v) is 7.74. The van der Waals surface area contributed by atoms with Crippen LogP contribution in [0.3, 0.4) is 0 Å². The van der Waals surface area contributed by atoms with Gasteiger partial charge in [-0.2, -0.15) is 13.2 Å². The monoisotopic (exact) mass is 337 g/mol. The van der Waals surface area contributed by atoms with Gasteiger partial charge in [-0.3, -0.25) is 0 Å². The van der Waals surface area contributed by atoms with Crippen molar-refractivity contribution in [1.82, 2.24) is 4.98 Å². The summed E-state index contributed by atoms with van der Waals surface area (Å²) >= 11 is 0. The lowest BCUT2D eigenvalue weighted by Gasteiger charge is -2.08. The zero-order valence-electron chi connectivity index (χ0n) is 13.3. The molecule has 0 aliphatic heterocycles. The topological polar surface area (TPSA) is 39.2 Å². The summed E-state index contributed by atoms with van der Waals surface area (Å²) in [6.45, 7) is 2.13. The Morgan fingerprint density at radius 3 is 2.33 bits per heavy atom. The molecular weight excluding hydrogens is 319 g/mol. The van der Waals surface area contributed by atoms with Gasteiger partial charge in [0.05, 0.1) is 11.8 Å². The number of alkyl halides is 3. The van der Waals surface area contributed by atoms with Crippen LogP contribution in [0.2, 0.25) is 0 Å². The number of esters is 1. The van der Waals surface area contributed by atoms with Crippen LogP contribution < -0.4 is 4.74 Å². The summed E-state index contributed by atoms with van der Waals surface area (Å²) in [5, 5.41) is 0. The fraction of sp³-hybridized carbons (Fsp3) is 0.333. The van der Waals surface area contributed by atoms with E-state index in [4.69, 9.17) is 4.74 Å². The third-order valence-electron chi connectivity index (χ3n) is 3.50. The van der Waals surface area contributed by atoms with Crippen LogP contribution in [0, 0.1) is 0 Å². The third-order valence-corrected chi connectivity index (χ3v) is 3.50. The predicted octanol–water partition coefficient (Wildman–Crippen LogP) is 5.05. The summed E-state index contributed by atoms with van der Waals surface area (Å²) in [6, 6.07) is 8.88. The molecule has 0 fully saturated rings. The molecule has 0 aliphatic carbocycles. The predicted molar refractivity (Wildman–Crippen MR) is 83.9 cm³/mol. The van der Waals surface area contributed by atoms with Gasteiger partial charge in [-0.05, 0) is 42.7 Å². The van der Waals surface area contributed by atoms with Gasteiger partial charge in [-0.1, -0.05) is 31.9 Å². The number of pyridine rings is 1. The number of benzene rings is 1. The maximum absolute atomic E-state index is 12.4.